The zero-order chi connectivity index (χ0) is 13.8. The fraction of sp³-hybridized carbons (Fsp3) is 0.133. The molecular weight excluding hydrogens is 242 g/mol. The molecule has 4 heteroatoms. The van der Waals surface area contributed by atoms with E-state index < -0.39 is 5.97 Å². The molecule has 0 amide bonds. The molecule has 0 saturated carbocycles. The van der Waals surface area contributed by atoms with Crippen molar-refractivity contribution in [3.63, 3.8) is 0 Å². The summed E-state index contributed by atoms with van der Waals surface area (Å²) < 4.78 is 5.30. The molecule has 0 aromatic heterocycles. The lowest BCUT2D eigenvalue weighted by Crippen LogP contribution is -2.14. The van der Waals surface area contributed by atoms with Crippen LogP contribution in [0.1, 0.15) is 10.4 Å². The van der Waals surface area contributed by atoms with E-state index in [1.165, 1.54) is 0 Å². The Balaban J connectivity index is 2.50. The normalized spacial score (nSPS) is 10.0. The Morgan fingerprint density at radius 3 is 2.26 bits per heavy atom. The van der Waals surface area contributed by atoms with Crippen LogP contribution in [-0.2, 0) is 0 Å². The zero-order valence-electron chi connectivity index (χ0n) is 10.8. The number of ether oxygens (including phenoxy) is 1. The minimum Gasteiger partial charge on any atom is -0.495 e. The van der Waals surface area contributed by atoms with E-state index in [1.54, 1.807) is 25.3 Å². The molecule has 0 saturated heterocycles. The maximum absolute atomic E-state index is 11.3. The van der Waals surface area contributed by atoms with Gasteiger partial charge in [-0.2, -0.15) is 0 Å². The monoisotopic (exact) mass is 257 g/mol. The Kier molecular flexibility index (Phi) is 3.71. The number of anilines is 2. The van der Waals surface area contributed by atoms with Crippen LogP contribution in [0.2, 0.25) is 0 Å². The van der Waals surface area contributed by atoms with Crippen molar-refractivity contribution in [3.8, 4) is 5.75 Å². The smallest absolute Gasteiger partial charge is 0.337 e. The molecule has 1 N–H and O–H groups in total. The first-order valence-electron chi connectivity index (χ1n) is 5.84. The quantitative estimate of drug-likeness (QED) is 0.914. The van der Waals surface area contributed by atoms with Gasteiger partial charge in [0.1, 0.15) is 5.75 Å². The fourth-order valence-corrected chi connectivity index (χ4v) is 1.98. The lowest BCUT2D eigenvalue weighted by Gasteiger charge is -2.23. The lowest BCUT2D eigenvalue weighted by atomic mass is 10.1. The van der Waals surface area contributed by atoms with Crippen LogP contribution in [0.25, 0.3) is 0 Å². The Hall–Kier alpha value is -2.49. The summed E-state index contributed by atoms with van der Waals surface area (Å²) in [6.07, 6.45) is 0. The molecule has 0 radical (unpaired) electrons. The predicted molar refractivity (Wildman–Crippen MR) is 74.5 cm³/mol. The average Bonchev–Trinajstić information content (AvgIpc) is 2.46. The lowest BCUT2D eigenvalue weighted by molar-refractivity contribution is 0.0697. The summed E-state index contributed by atoms with van der Waals surface area (Å²) in [6.45, 7) is 0. The van der Waals surface area contributed by atoms with Gasteiger partial charge >= 0.3 is 5.97 Å². The number of nitrogens with zero attached hydrogens (tertiary/aromatic N) is 1. The van der Waals surface area contributed by atoms with Crippen LogP contribution in [0.5, 0.6) is 5.75 Å². The topological polar surface area (TPSA) is 49.8 Å². The van der Waals surface area contributed by atoms with Crippen LogP contribution in [0, 0.1) is 0 Å². The van der Waals surface area contributed by atoms with E-state index in [4.69, 9.17) is 4.74 Å². The molecule has 0 aliphatic rings. The largest absolute Gasteiger partial charge is 0.495 e. The van der Waals surface area contributed by atoms with Crippen molar-refractivity contribution in [3.05, 3.63) is 54.1 Å². The Bertz CT molecular complexity index is 595. The number of carboxylic acid groups (broad SMARTS) is 1. The third kappa shape index (κ3) is 2.52. The van der Waals surface area contributed by atoms with Gasteiger partial charge in [0.15, 0.2) is 0 Å². The highest BCUT2D eigenvalue weighted by molar-refractivity contribution is 5.95. The van der Waals surface area contributed by atoms with Gasteiger partial charge in [0, 0.05) is 7.05 Å². The van der Waals surface area contributed by atoms with Crippen molar-refractivity contribution in [2.75, 3.05) is 19.1 Å². The number of carboxylic acids is 1. The highest BCUT2D eigenvalue weighted by Gasteiger charge is 2.16. The number of hydrogen-bond acceptors (Lipinski definition) is 3. The molecule has 0 unspecified atom stereocenters. The summed E-state index contributed by atoms with van der Waals surface area (Å²) in [7, 11) is 3.41. The predicted octanol–water partition coefficient (Wildman–Crippen LogP) is 3.16. The molecule has 0 heterocycles. The molecule has 2 aromatic carbocycles. The van der Waals surface area contributed by atoms with E-state index in [0.717, 1.165) is 5.69 Å². The van der Waals surface area contributed by atoms with E-state index in [1.807, 2.05) is 42.3 Å². The molecule has 0 bridgehead atoms. The molecular formula is C15H15NO3. The van der Waals surface area contributed by atoms with Gasteiger partial charge in [-0.05, 0) is 24.3 Å². The third-order valence-electron chi connectivity index (χ3n) is 2.94. The maximum atomic E-state index is 11.3. The second-order valence-corrected chi connectivity index (χ2v) is 4.05. The van der Waals surface area contributed by atoms with Crippen LogP contribution >= 0.6 is 0 Å². The number of hydrogen-bond donors (Lipinski definition) is 1. The van der Waals surface area contributed by atoms with Gasteiger partial charge in [-0.1, -0.05) is 24.3 Å². The average molecular weight is 257 g/mol. The standard InChI is InChI=1S/C15H15NO3/c1-16(13-9-5-6-10-14(13)19-2)12-8-4-3-7-11(12)15(17)18/h3-10H,1-2H3,(H,17,18). The first-order valence-corrected chi connectivity index (χ1v) is 5.84. The maximum Gasteiger partial charge on any atom is 0.337 e. The van der Waals surface area contributed by atoms with Crippen LogP contribution in [0.15, 0.2) is 48.5 Å². The van der Waals surface area contributed by atoms with E-state index in [-0.39, 0.29) is 5.56 Å². The van der Waals surface area contributed by atoms with E-state index in [0.29, 0.717) is 11.4 Å². The highest BCUT2D eigenvalue weighted by Crippen LogP contribution is 2.33. The summed E-state index contributed by atoms with van der Waals surface area (Å²) in [5, 5.41) is 9.23. The molecule has 0 atom stereocenters. The SMILES string of the molecule is COc1ccccc1N(C)c1ccccc1C(=O)O. The van der Waals surface area contributed by atoms with Gasteiger partial charge < -0.3 is 14.7 Å². The van der Waals surface area contributed by atoms with Crippen molar-refractivity contribution >= 4 is 17.3 Å². The van der Waals surface area contributed by atoms with Crippen molar-refractivity contribution in [1.82, 2.24) is 0 Å². The summed E-state index contributed by atoms with van der Waals surface area (Å²) in [5.74, 6) is -0.248. The fourth-order valence-electron chi connectivity index (χ4n) is 1.98. The number of para-hydroxylation sites is 3. The van der Waals surface area contributed by atoms with E-state index >= 15 is 0 Å². The zero-order valence-corrected chi connectivity index (χ0v) is 10.8. The first kappa shape index (κ1) is 13.0. The van der Waals surface area contributed by atoms with Crippen LogP contribution in [0.3, 0.4) is 0 Å². The number of benzene rings is 2. The van der Waals surface area contributed by atoms with Gasteiger partial charge in [0.2, 0.25) is 0 Å². The number of methoxy groups -OCH3 is 1. The molecule has 19 heavy (non-hydrogen) atoms. The van der Waals surface area contributed by atoms with Crippen LogP contribution in [0.4, 0.5) is 11.4 Å². The number of aromatic carboxylic acids is 1. The molecule has 0 fully saturated rings. The molecule has 0 aliphatic carbocycles. The summed E-state index contributed by atoms with van der Waals surface area (Å²) in [4.78, 5) is 13.1. The van der Waals surface area contributed by atoms with Gasteiger partial charge in [-0.15, -0.1) is 0 Å². The van der Waals surface area contributed by atoms with Crippen molar-refractivity contribution in [2.24, 2.45) is 0 Å². The van der Waals surface area contributed by atoms with Crippen LogP contribution in [-0.4, -0.2) is 25.2 Å². The molecule has 2 aromatic rings. The Morgan fingerprint density at radius 1 is 1.05 bits per heavy atom. The summed E-state index contributed by atoms with van der Waals surface area (Å²) >= 11 is 0. The van der Waals surface area contributed by atoms with Gasteiger partial charge in [0.25, 0.3) is 0 Å². The van der Waals surface area contributed by atoms with E-state index in [2.05, 4.69) is 0 Å². The highest BCUT2D eigenvalue weighted by atomic mass is 16.5. The summed E-state index contributed by atoms with van der Waals surface area (Å²) in [5.41, 5.74) is 1.70. The van der Waals surface area contributed by atoms with Crippen molar-refractivity contribution < 1.29 is 14.6 Å². The third-order valence-corrected chi connectivity index (χ3v) is 2.94. The van der Waals surface area contributed by atoms with Gasteiger partial charge in [-0.25, -0.2) is 4.79 Å². The second kappa shape index (κ2) is 5.44. The van der Waals surface area contributed by atoms with Crippen molar-refractivity contribution in [2.45, 2.75) is 0 Å². The second-order valence-electron chi connectivity index (χ2n) is 4.05. The number of rotatable bonds is 4. The Labute approximate surface area is 111 Å². The van der Waals surface area contributed by atoms with Gasteiger partial charge in [-0.3, -0.25) is 0 Å². The molecule has 98 valence electrons. The molecule has 0 spiro atoms. The minimum atomic E-state index is -0.947. The minimum absolute atomic E-state index is 0.260. The van der Waals surface area contributed by atoms with E-state index in [9.17, 15) is 9.90 Å². The molecule has 0 aliphatic heterocycles. The molecule has 4 nitrogen and oxygen atoms in total. The van der Waals surface area contributed by atoms with Crippen molar-refractivity contribution in [1.29, 1.82) is 0 Å². The molecule has 2 rings (SSSR count). The summed E-state index contributed by atoms with van der Waals surface area (Å²) in [6, 6.07) is 14.4. The van der Waals surface area contributed by atoms with Gasteiger partial charge in [0.05, 0.1) is 24.0 Å². The number of carbonyl (C=O) groups is 1. The Morgan fingerprint density at radius 2 is 1.63 bits per heavy atom. The first-order chi connectivity index (χ1) is 9.15. The van der Waals surface area contributed by atoms with Crippen LogP contribution < -0.4 is 9.64 Å².